The minimum atomic E-state index is 0.0414. The molecule has 0 aromatic heterocycles. The lowest BCUT2D eigenvalue weighted by atomic mass is 10.2. The normalized spacial score (nSPS) is 27.7. The Balaban J connectivity index is 1.54. The van der Waals surface area contributed by atoms with Gasteiger partial charge in [0.25, 0.3) is 0 Å². The SMILES string of the molecule is C1CCCC(P(NP(C2CCCCCC2)C2CCCCCC2)C2CCCCCC2)CC1. The molecule has 4 fully saturated rings. The van der Waals surface area contributed by atoms with E-state index >= 15 is 0 Å². The highest BCUT2D eigenvalue weighted by Gasteiger charge is 2.37. The Morgan fingerprint density at radius 1 is 0.290 bits per heavy atom. The molecule has 0 bridgehead atoms. The van der Waals surface area contributed by atoms with E-state index in [1.54, 1.807) is 51.4 Å². The van der Waals surface area contributed by atoms with Gasteiger partial charge >= 0.3 is 0 Å². The van der Waals surface area contributed by atoms with E-state index in [0.29, 0.717) is 0 Å². The molecule has 1 N–H and O–H groups in total. The van der Waals surface area contributed by atoms with Crippen LogP contribution in [-0.4, -0.2) is 22.6 Å². The van der Waals surface area contributed by atoms with Gasteiger partial charge in [0.15, 0.2) is 0 Å². The van der Waals surface area contributed by atoms with Crippen molar-refractivity contribution in [1.82, 2.24) is 4.86 Å². The zero-order valence-corrected chi connectivity index (χ0v) is 22.5. The quantitative estimate of drug-likeness (QED) is 0.304. The summed E-state index contributed by atoms with van der Waals surface area (Å²) in [6.45, 7) is 0. The lowest BCUT2D eigenvalue weighted by Gasteiger charge is -2.42. The van der Waals surface area contributed by atoms with Gasteiger partial charge < -0.3 is 0 Å². The number of nitrogens with one attached hydrogen (secondary N) is 1. The molecule has 0 atom stereocenters. The molecule has 0 saturated heterocycles. The predicted molar refractivity (Wildman–Crippen MR) is 143 cm³/mol. The third kappa shape index (κ3) is 7.93. The van der Waals surface area contributed by atoms with Gasteiger partial charge in [-0.15, -0.1) is 0 Å². The minimum absolute atomic E-state index is 0.0414. The highest BCUT2D eigenvalue weighted by atomic mass is 31.2. The average Bonchev–Trinajstić information content (AvgIpc) is 3.39. The molecule has 0 aromatic rings. The Kier molecular flexibility index (Phi) is 11.5. The number of rotatable bonds is 6. The Bertz CT molecular complexity index is 370. The van der Waals surface area contributed by atoms with Crippen LogP contribution < -0.4 is 4.86 Å². The molecule has 1 nitrogen and oxygen atoms in total. The summed E-state index contributed by atoms with van der Waals surface area (Å²) in [6, 6.07) is 0. The maximum Gasteiger partial charge on any atom is -0.00733 e. The van der Waals surface area contributed by atoms with Crippen LogP contribution >= 0.6 is 16.1 Å². The molecule has 0 spiro atoms. The van der Waals surface area contributed by atoms with Crippen molar-refractivity contribution < 1.29 is 0 Å². The van der Waals surface area contributed by atoms with Crippen molar-refractivity contribution in [2.75, 3.05) is 0 Å². The maximum atomic E-state index is 4.77. The molecule has 31 heavy (non-hydrogen) atoms. The van der Waals surface area contributed by atoms with Crippen molar-refractivity contribution >= 4 is 16.1 Å². The van der Waals surface area contributed by atoms with Crippen molar-refractivity contribution in [1.29, 1.82) is 0 Å². The van der Waals surface area contributed by atoms with Crippen LogP contribution in [0, 0.1) is 0 Å². The molecule has 0 aliphatic heterocycles. The Hall–Kier alpha value is 0.820. The third-order valence-electron chi connectivity index (χ3n) is 9.10. The third-order valence-corrected chi connectivity index (χ3v) is 16.2. The second kappa shape index (κ2) is 14.3. The molecule has 0 radical (unpaired) electrons. The van der Waals surface area contributed by atoms with Crippen LogP contribution in [0.4, 0.5) is 0 Å². The van der Waals surface area contributed by atoms with Crippen LogP contribution in [0.2, 0.25) is 0 Å². The van der Waals surface area contributed by atoms with E-state index in [1.165, 1.54) is 103 Å². The molecule has 4 saturated carbocycles. The van der Waals surface area contributed by atoms with Gasteiger partial charge in [-0.3, -0.25) is 4.86 Å². The molecule has 180 valence electrons. The smallest absolute Gasteiger partial charge is 0.00733 e. The van der Waals surface area contributed by atoms with E-state index in [-0.39, 0.29) is 16.1 Å². The summed E-state index contributed by atoms with van der Waals surface area (Å²) in [6.07, 6.45) is 36.9. The Morgan fingerprint density at radius 3 is 0.677 bits per heavy atom. The molecule has 0 aromatic carbocycles. The largest absolute Gasteiger partial charge is 0.272 e. The molecular weight excluding hydrogens is 412 g/mol. The molecule has 4 aliphatic carbocycles. The fourth-order valence-electron chi connectivity index (χ4n) is 7.20. The molecule has 4 rings (SSSR count). The highest BCUT2D eigenvalue weighted by molar-refractivity contribution is 7.72. The molecule has 3 heteroatoms. The second-order valence-electron chi connectivity index (χ2n) is 11.5. The fourth-order valence-corrected chi connectivity index (χ4v) is 15.8. The van der Waals surface area contributed by atoms with E-state index in [4.69, 9.17) is 4.86 Å². The first-order chi connectivity index (χ1) is 15.4. The van der Waals surface area contributed by atoms with Crippen molar-refractivity contribution in [3.05, 3.63) is 0 Å². The van der Waals surface area contributed by atoms with Gasteiger partial charge in [0.1, 0.15) is 0 Å². The summed E-state index contributed by atoms with van der Waals surface area (Å²) in [5.41, 5.74) is 4.23. The lowest BCUT2D eigenvalue weighted by Crippen LogP contribution is -2.29. The van der Waals surface area contributed by atoms with Gasteiger partial charge in [0, 0.05) is 0 Å². The van der Waals surface area contributed by atoms with Crippen LogP contribution in [-0.2, 0) is 0 Å². The predicted octanol–water partition coefficient (Wildman–Crippen LogP) is 10.3. The molecule has 0 amide bonds. The summed E-state index contributed by atoms with van der Waals surface area (Å²) in [7, 11) is 0.0828. The van der Waals surface area contributed by atoms with Crippen LogP contribution in [0.1, 0.15) is 154 Å². The summed E-state index contributed by atoms with van der Waals surface area (Å²) in [4.78, 5) is 4.77. The van der Waals surface area contributed by atoms with Crippen LogP contribution in [0.25, 0.3) is 0 Å². The van der Waals surface area contributed by atoms with Gasteiger partial charge in [-0.2, -0.15) is 0 Å². The van der Waals surface area contributed by atoms with Crippen molar-refractivity contribution in [3.8, 4) is 0 Å². The Morgan fingerprint density at radius 2 is 0.484 bits per heavy atom. The first kappa shape index (κ1) is 24.9. The standard InChI is InChI=1S/C28H53NP2/c1-2-10-18-25(17-9-1)30(26-19-11-3-4-12-20-26)29-31(27-21-13-5-6-14-22-27)28-23-15-7-8-16-24-28/h25-29H,1-24H2. The minimum Gasteiger partial charge on any atom is -0.272 e. The van der Waals surface area contributed by atoms with E-state index in [9.17, 15) is 0 Å². The van der Waals surface area contributed by atoms with Crippen LogP contribution in [0.5, 0.6) is 0 Å². The van der Waals surface area contributed by atoms with E-state index < -0.39 is 0 Å². The van der Waals surface area contributed by atoms with Gasteiger partial charge in [-0.25, -0.2) is 0 Å². The summed E-state index contributed by atoms with van der Waals surface area (Å²) >= 11 is 0. The maximum absolute atomic E-state index is 4.77. The second-order valence-corrected chi connectivity index (χ2v) is 16.8. The topological polar surface area (TPSA) is 12.0 Å². The van der Waals surface area contributed by atoms with E-state index in [1.807, 2.05) is 0 Å². The summed E-state index contributed by atoms with van der Waals surface area (Å²) < 4.78 is 0. The zero-order chi connectivity index (χ0) is 21.1. The fraction of sp³-hybridized carbons (Fsp3) is 1.00. The van der Waals surface area contributed by atoms with Crippen molar-refractivity contribution in [3.63, 3.8) is 0 Å². The van der Waals surface area contributed by atoms with Gasteiger partial charge in [-0.05, 0) is 90.1 Å². The first-order valence-electron chi connectivity index (χ1n) is 14.7. The van der Waals surface area contributed by atoms with Crippen molar-refractivity contribution in [2.24, 2.45) is 0 Å². The summed E-state index contributed by atoms with van der Waals surface area (Å²) in [5, 5.41) is 0. The highest BCUT2D eigenvalue weighted by Crippen LogP contribution is 2.62. The van der Waals surface area contributed by atoms with Crippen LogP contribution in [0.3, 0.4) is 0 Å². The molecule has 0 heterocycles. The average molecular weight is 466 g/mol. The van der Waals surface area contributed by atoms with E-state index in [0.717, 1.165) is 22.6 Å². The summed E-state index contributed by atoms with van der Waals surface area (Å²) in [5.74, 6) is 0. The molecular formula is C28H53NP2. The van der Waals surface area contributed by atoms with E-state index in [2.05, 4.69) is 0 Å². The molecule has 0 unspecified atom stereocenters. The Labute approximate surface area is 197 Å². The monoisotopic (exact) mass is 465 g/mol. The van der Waals surface area contributed by atoms with Crippen molar-refractivity contribution in [2.45, 2.75) is 177 Å². The lowest BCUT2D eigenvalue weighted by molar-refractivity contribution is 0.649. The zero-order valence-electron chi connectivity index (χ0n) is 20.7. The van der Waals surface area contributed by atoms with Gasteiger partial charge in [0.2, 0.25) is 0 Å². The molecule has 4 aliphatic rings. The first-order valence-corrected chi connectivity index (χ1v) is 17.7. The number of hydrogen-bond donors (Lipinski definition) is 1. The van der Waals surface area contributed by atoms with Gasteiger partial charge in [0.05, 0.1) is 0 Å². The number of hydrogen-bond acceptors (Lipinski definition) is 1. The van der Waals surface area contributed by atoms with Gasteiger partial charge in [-0.1, -0.05) is 103 Å². The van der Waals surface area contributed by atoms with Crippen LogP contribution in [0.15, 0.2) is 0 Å².